The lowest BCUT2D eigenvalue weighted by atomic mass is 10.0. The first-order valence-corrected chi connectivity index (χ1v) is 7.83. The zero-order valence-electron chi connectivity index (χ0n) is 12.1. The van der Waals surface area contributed by atoms with Gasteiger partial charge in [-0.05, 0) is 58.5 Å². The first-order chi connectivity index (χ1) is 9.31. The Morgan fingerprint density at radius 2 is 2.21 bits per heavy atom. The third kappa shape index (κ3) is 4.46. The molecule has 0 aromatic rings. The molecule has 0 saturated carbocycles. The van der Waals surface area contributed by atoms with Gasteiger partial charge in [0.05, 0.1) is 12.7 Å². The Balaban J connectivity index is 1.73. The Morgan fingerprint density at radius 3 is 2.95 bits per heavy atom. The molecule has 2 aliphatic heterocycles. The summed E-state index contributed by atoms with van der Waals surface area (Å²) in [5, 5.41) is 0. The van der Waals surface area contributed by atoms with Crippen molar-refractivity contribution >= 4 is 5.97 Å². The van der Waals surface area contributed by atoms with E-state index in [0.717, 1.165) is 45.4 Å². The fraction of sp³-hybridized carbons (Fsp3) is 0.933. The lowest BCUT2D eigenvalue weighted by molar-refractivity contribution is -0.150. The van der Waals surface area contributed by atoms with Crippen molar-refractivity contribution < 1.29 is 14.3 Å². The van der Waals surface area contributed by atoms with E-state index in [1.165, 1.54) is 19.3 Å². The maximum atomic E-state index is 11.9. The first-order valence-electron chi connectivity index (χ1n) is 7.83. The van der Waals surface area contributed by atoms with Gasteiger partial charge in [-0.1, -0.05) is 6.42 Å². The van der Waals surface area contributed by atoms with Crippen LogP contribution in [0.5, 0.6) is 0 Å². The molecule has 2 atom stereocenters. The third-order valence-electron chi connectivity index (χ3n) is 4.17. The largest absolute Gasteiger partial charge is 0.465 e. The van der Waals surface area contributed by atoms with Crippen LogP contribution in [0.2, 0.25) is 0 Å². The average Bonchev–Trinajstić information content (AvgIpc) is 2.93. The number of esters is 1. The number of ether oxygens (including phenoxy) is 2. The monoisotopic (exact) mass is 269 g/mol. The fourth-order valence-electron chi connectivity index (χ4n) is 3.16. The number of piperidine rings is 1. The molecule has 0 aliphatic carbocycles. The lowest BCUT2D eigenvalue weighted by Crippen LogP contribution is -2.46. The molecule has 19 heavy (non-hydrogen) atoms. The highest BCUT2D eigenvalue weighted by Crippen LogP contribution is 2.21. The summed E-state index contributed by atoms with van der Waals surface area (Å²) in [5.74, 6) is -0.0284. The molecule has 0 bridgehead atoms. The van der Waals surface area contributed by atoms with Gasteiger partial charge in [0.1, 0.15) is 6.04 Å². The number of nitrogens with zero attached hydrogens (tertiary/aromatic N) is 1. The predicted molar refractivity (Wildman–Crippen MR) is 74.1 cm³/mol. The Morgan fingerprint density at radius 1 is 1.32 bits per heavy atom. The molecule has 2 unspecified atom stereocenters. The van der Waals surface area contributed by atoms with E-state index in [2.05, 4.69) is 4.90 Å². The van der Waals surface area contributed by atoms with E-state index in [9.17, 15) is 4.79 Å². The molecule has 0 amide bonds. The minimum Gasteiger partial charge on any atom is -0.465 e. The molecule has 2 saturated heterocycles. The summed E-state index contributed by atoms with van der Waals surface area (Å²) in [5.41, 5.74) is 0. The molecule has 2 rings (SSSR count). The van der Waals surface area contributed by atoms with E-state index in [0.29, 0.717) is 12.7 Å². The van der Waals surface area contributed by atoms with Crippen LogP contribution in [0, 0.1) is 0 Å². The smallest absolute Gasteiger partial charge is 0.323 e. The fourth-order valence-corrected chi connectivity index (χ4v) is 3.16. The van der Waals surface area contributed by atoms with Gasteiger partial charge in [0.2, 0.25) is 0 Å². The number of likely N-dealkylation sites (tertiary alicyclic amines) is 1. The van der Waals surface area contributed by atoms with Gasteiger partial charge in [0.25, 0.3) is 0 Å². The van der Waals surface area contributed by atoms with Crippen LogP contribution in [0.4, 0.5) is 0 Å². The molecular weight excluding hydrogens is 242 g/mol. The van der Waals surface area contributed by atoms with Crippen LogP contribution >= 0.6 is 0 Å². The van der Waals surface area contributed by atoms with Gasteiger partial charge in [0.15, 0.2) is 0 Å². The molecule has 0 radical (unpaired) electrons. The molecule has 2 aliphatic rings. The predicted octanol–water partition coefficient (Wildman–Crippen LogP) is 2.36. The molecule has 0 spiro atoms. The van der Waals surface area contributed by atoms with Crippen molar-refractivity contribution in [2.45, 2.75) is 64.0 Å². The van der Waals surface area contributed by atoms with Gasteiger partial charge in [-0.3, -0.25) is 9.69 Å². The van der Waals surface area contributed by atoms with Crippen molar-refractivity contribution in [1.82, 2.24) is 4.90 Å². The number of rotatable bonds is 6. The molecule has 0 aromatic heterocycles. The van der Waals surface area contributed by atoms with E-state index in [4.69, 9.17) is 9.47 Å². The number of carbonyl (C=O) groups excluding carboxylic acids is 1. The van der Waals surface area contributed by atoms with Crippen molar-refractivity contribution in [3.8, 4) is 0 Å². The van der Waals surface area contributed by atoms with Gasteiger partial charge in [-0.25, -0.2) is 0 Å². The third-order valence-corrected chi connectivity index (χ3v) is 4.17. The van der Waals surface area contributed by atoms with E-state index in [-0.39, 0.29) is 12.0 Å². The zero-order valence-corrected chi connectivity index (χ0v) is 12.1. The van der Waals surface area contributed by atoms with Crippen molar-refractivity contribution in [3.05, 3.63) is 0 Å². The van der Waals surface area contributed by atoms with Gasteiger partial charge >= 0.3 is 5.97 Å². The maximum Gasteiger partial charge on any atom is 0.323 e. The summed E-state index contributed by atoms with van der Waals surface area (Å²) in [6, 6.07) is -0.00167. The van der Waals surface area contributed by atoms with E-state index in [1.54, 1.807) is 0 Å². The second-order valence-electron chi connectivity index (χ2n) is 5.58. The van der Waals surface area contributed by atoms with Crippen LogP contribution in [-0.4, -0.2) is 49.3 Å². The van der Waals surface area contributed by atoms with E-state index in [1.807, 2.05) is 6.92 Å². The SMILES string of the molecule is CCOC(=O)C1CCCCN1CCCC1CCCO1. The molecule has 0 N–H and O–H groups in total. The second kappa shape index (κ2) is 7.85. The zero-order chi connectivity index (χ0) is 13.5. The molecule has 4 nitrogen and oxygen atoms in total. The topological polar surface area (TPSA) is 38.8 Å². The summed E-state index contributed by atoms with van der Waals surface area (Å²) in [6.07, 6.45) is 8.44. The molecule has 2 heterocycles. The Hall–Kier alpha value is -0.610. The molecule has 2 fully saturated rings. The summed E-state index contributed by atoms with van der Waals surface area (Å²) in [7, 11) is 0. The van der Waals surface area contributed by atoms with Crippen LogP contribution in [0.15, 0.2) is 0 Å². The van der Waals surface area contributed by atoms with Gasteiger partial charge < -0.3 is 9.47 Å². The number of carbonyl (C=O) groups is 1. The minimum atomic E-state index is -0.0284. The van der Waals surface area contributed by atoms with Gasteiger partial charge in [-0.2, -0.15) is 0 Å². The molecular formula is C15H27NO3. The number of hydrogen-bond acceptors (Lipinski definition) is 4. The summed E-state index contributed by atoms with van der Waals surface area (Å²) in [4.78, 5) is 14.3. The van der Waals surface area contributed by atoms with Crippen molar-refractivity contribution in [1.29, 1.82) is 0 Å². The van der Waals surface area contributed by atoms with Crippen LogP contribution in [-0.2, 0) is 14.3 Å². The van der Waals surface area contributed by atoms with Crippen molar-refractivity contribution in [3.63, 3.8) is 0 Å². The van der Waals surface area contributed by atoms with E-state index >= 15 is 0 Å². The minimum absolute atomic E-state index is 0.00167. The second-order valence-corrected chi connectivity index (χ2v) is 5.58. The average molecular weight is 269 g/mol. The standard InChI is InChI=1S/C15H27NO3/c1-2-18-15(17)14-9-3-4-10-16(14)11-5-7-13-8-6-12-19-13/h13-14H,2-12H2,1H3. The Labute approximate surface area is 116 Å². The summed E-state index contributed by atoms with van der Waals surface area (Å²) in [6.45, 7) is 5.33. The highest BCUT2D eigenvalue weighted by molar-refractivity contribution is 5.75. The van der Waals surface area contributed by atoms with Crippen LogP contribution in [0.3, 0.4) is 0 Å². The maximum absolute atomic E-state index is 11.9. The van der Waals surface area contributed by atoms with Crippen LogP contribution in [0.1, 0.15) is 51.9 Å². The first kappa shape index (κ1) is 14.8. The highest BCUT2D eigenvalue weighted by Gasteiger charge is 2.29. The Kier molecular flexibility index (Phi) is 6.11. The lowest BCUT2D eigenvalue weighted by Gasteiger charge is -2.34. The van der Waals surface area contributed by atoms with Crippen LogP contribution in [0.25, 0.3) is 0 Å². The van der Waals surface area contributed by atoms with Crippen molar-refractivity contribution in [2.24, 2.45) is 0 Å². The summed E-state index contributed by atoms with van der Waals surface area (Å²) < 4.78 is 10.8. The van der Waals surface area contributed by atoms with Gasteiger partial charge in [0, 0.05) is 6.61 Å². The Bertz CT molecular complexity index is 277. The normalized spacial score (nSPS) is 28.5. The van der Waals surface area contributed by atoms with Crippen LogP contribution < -0.4 is 0 Å². The molecule has 110 valence electrons. The highest BCUT2D eigenvalue weighted by atomic mass is 16.5. The number of hydrogen-bond donors (Lipinski definition) is 0. The summed E-state index contributed by atoms with van der Waals surface area (Å²) >= 11 is 0. The quantitative estimate of drug-likeness (QED) is 0.694. The van der Waals surface area contributed by atoms with E-state index < -0.39 is 0 Å². The molecule has 0 aromatic carbocycles. The van der Waals surface area contributed by atoms with Gasteiger partial charge in [-0.15, -0.1) is 0 Å². The molecule has 4 heteroatoms. The van der Waals surface area contributed by atoms with Crippen molar-refractivity contribution in [2.75, 3.05) is 26.3 Å².